The smallest absolute Gasteiger partial charge is 0.260 e. The molecule has 0 aliphatic carbocycles. The van der Waals surface area contributed by atoms with Crippen molar-refractivity contribution < 1.29 is 9.53 Å². The van der Waals surface area contributed by atoms with Gasteiger partial charge in [0.05, 0.1) is 11.2 Å². The minimum Gasteiger partial charge on any atom is -0.484 e. The second-order valence-electron chi connectivity index (χ2n) is 7.59. The van der Waals surface area contributed by atoms with Crippen molar-refractivity contribution in [3.63, 3.8) is 0 Å². The van der Waals surface area contributed by atoms with Crippen LogP contribution in [0.1, 0.15) is 0 Å². The molecule has 5 rings (SSSR count). The van der Waals surface area contributed by atoms with E-state index < -0.39 is 0 Å². The average molecular weight is 481 g/mol. The molecule has 0 unspecified atom stereocenters. The Morgan fingerprint density at radius 1 is 1.03 bits per heavy atom. The van der Waals surface area contributed by atoms with E-state index in [1.165, 1.54) is 0 Å². The molecule has 33 heavy (non-hydrogen) atoms. The molecule has 1 saturated heterocycles. The Balaban J connectivity index is 1.29. The van der Waals surface area contributed by atoms with Gasteiger partial charge in [-0.1, -0.05) is 11.6 Å². The summed E-state index contributed by atoms with van der Waals surface area (Å²) in [6.07, 6.45) is 0. The molecule has 1 aliphatic rings. The first kappa shape index (κ1) is 21.4. The Hall–Kier alpha value is -3.43. The lowest BCUT2D eigenvalue weighted by Gasteiger charge is -2.35. The first-order valence-corrected chi connectivity index (χ1v) is 11.8. The number of piperazine rings is 1. The Morgan fingerprint density at radius 2 is 1.82 bits per heavy atom. The number of nitrogens with zero attached hydrogens (tertiary/aromatic N) is 5. The maximum Gasteiger partial charge on any atom is 0.260 e. The second kappa shape index (κ2) is 9.21. The number of aromatic nitrogens is 3. The molecule has 1 amide bonds. The fraction of sp³-hybridized carbons (Fsp3) is 0.217. The molecule has 168 valence electrons. The van der Waals surface area contributed by atoms with Crippen molar-refractivity contribution >= 4 is 51.6 Å². The molecule has 8 nitrogen and oxygen atoms in total. The number of nitrogens with two attached hydrogens (primary N) is 1. The van der Waals surface area contributed by atoms with E-state index in [0.29, 0.717) is 53.8 Å². The molecule has 4 aromatic rings. The molecule has 1 aromatic carbocycles. The van der Waals surface area contributed by atoms with Crippen LogP contribution in [0.25, 0.3) is 22.3 Å². The standard InChI is InChI=1S/C23H21ClN6O2S/c24-16-1-3-17(4-2-16)32-13-20(31)29-8-10-30(11-9-29)22-21-19(27-23(25)28-22)6-5-18(26-21)15-7-12-33-14-15/h1-7,12,14H,8-11,13H2,(H2,25,27,28). The average Bonchev–Trinajstić information content (AvgIpc) is 3.38. The Morgan fingerprint density at radius 3 is 2.55 bits per heavy atom. The third kappa shape index (κ3) is 4.69. The summed E-state index contributed by atoms with van der Waals surface area (Å²) in [5.74, 6) is 1.45. The maximum atomic E-state index is 12.6. The zero-order valence-electron chi connectivity index (χ0n) is 17.6. The van der Waals surface area contributed by atoms with Gasteiger partial charge >= 0.3 is 0 Å². The number of amides is 1. The molecule has 0 bridgehead atoms. The van der Waals surface area contributed by atoms with Crippen LogP contribution >= 0.6 is 22.9 Å². The Labute approximate surface area is 199 Å². The normalized spacial score (nSPS) is 14.0. The van der Waals surface area contributed by atoms with Crippen LogP contribution in [0.2, 0.25) is 5.02 Å². The van der Waals surface area contributed by atoms with Gasteiger partial charge in [0, 0.05) is 42.1 Å². The number of halogens is 1. The fourth-order valence-electron chi connectivity index (χ4n) is 3.74. The van der Waals surface area contributed by atoms with Crippen molar-refractivity contribution in [1.29, 1.82) is 0 Å². The number of nitrogen functional groups attached to an aromatic ring is 1. The number of rotatable bonds is 5. The summed E-state index contributed by atoms with van der Waals surface area (Å²) in [5.41, 5.74) is 9.31. The molecule has 3 aromatic heterocycles. The van der Waals surface area contributed by atoms with Gasteiger partial charge in [-0.15, -0.1) is 0 Å². The SMILES string of the molecule is Nc1nc(N2CCN(C(=O)COc3ccc(Cl)cc3)CC2)c2nc(-c3ccsc3)ccc2n1. The van der Waals surface area contributed by atoms with Gasteiger partial charge in [-0.2, -0.15) is 16.3 Å². The van der Waals surface area contributed by atoms with Crippen molar-refractivity contribution in [1.82, 2.24) is 19.9 Å². The van der Waals surface area contributed by atoms with Crippen LogP contribution in [0.15, 0.2) is 53.2 Å². The van der Waals surface area contributed by atoms with Gasteiger partial charge in [0.25, 0.3) is 5.91 Å². The molecular weight excluding hydrogens is 460 g/mol. The fourth-order valence-corrected chi connectivity index (χ4v) is 4.52. The van der Waals surface area contributed by atoms with Gasteiger partial charge in [-0.05, 0) is 47.8 Å². The van der Waals surface area contributed by atoms with Crippen molar-refractivity contribution in [2.45, 2.75) is 0 Å². The summed E-state index contributed by atoms with van der Waals surface area (Å²) >= 11 is 7.51. The summed E-state index contributed by atoms with van der Waals surface area (Å²) in [6, 6.07) is 12.9. The number of hydrogen-bond donors (Lipinski definition) is 1. The molecule has 1 aliphatic heterocycles. The van der Waals surface area contributed by atoms with Crippen molar-refractivity contribution in [3.8, 4) is 17.0 Å². The number of ether oxygens (including phenoxy) is 1. The van der Waals surface area contributed by atoms with Crippen LogP contribution in [0, 0.1) is 0 Å². The molecule has 0 spiro atoms. The van der Waals surface area contributed by atoms with E-state index in [4.69, 9.17) is 27.1 Å². The number of pyridine rings is 1. The van der Waals surface area contributed by atoms with Crippen molar-refractivity contribution in [2.24, 2.45) is 0 Å². The predicted octanol–water partition coefficient (Wildman–Crippen LogP) is 3.72. The van der Waals surface area contributed by atoms with E-state index in [1.807, 2.05) is 23.6 Å². The number of benzene rings is 1. The molecular formula is C23H21ClN6O2S. The highest BCUT2D eigenvalue weighted by molar-refractivity contribution is 7.08. The lowest BCUT2D eigenvalue weighted by molar-refractivity contribution is -0.133. The Bertz CT molecular complexity index is 1270. The van der Waals surface area contributed by atoms with Crippen LogP contribution in [-0.4, -0.2) is 58.5 Å². The Kier molecular flexibility index (Phi) is 5.97. The van der Waals surface area contributed by atoms with Gasteiger partial charge in [-0.25, -0.2) is 9.97 Å². The van der Waals surface area contributed by atoms with Gasteiger partial charge in [0.2, 0.25) is 5.95 Å². The van der Waals surface area contributed by atoms with E-state index in [9.17, 15) is 4.79 Å². The highest BCUT2D eigenvalue weighted by Gasteiger charge is 2.24. The van der Waals surface area contributed by atoms with Crippen LogP contribution in [0.3, 0.4) is 0 Å². The summed E-state index contributed by atoms with van der Waals surface area (Å²) in [7, 11) is 0. The van der Waals surface area contributed by atoms with Crippen LogP contribution in [0.4, 0.5) is 11.8 Å². The molecule has 0 atom stereocenters. The summed E-state index contributed by atoms with van der Waals surface area (Å²) in [4.78, 5) is 30.2. The van der Waals surface area contributed by atoms with Gasteiger partial charge in [0.1, 0.15) is 11.3 Å². The third-order valence-electron chi connectivity index (χ3n) is 5.47. The molecule has 1 fully saturated rings. The van der Waals surface area contributed by atoms with E-state index in [0.717, 1.165) is 11.3 Å². The number of fused-ring (bicyclic) bond motifs is 1. The minimum absolute atomic E-state index is 0.0173. The molecule has 10 heteroatoms. The van der Waals surface area contributed by atoms with Crippen molar-refractivity contribution in [2.75, 3.05) is 43.4 Å². The highest BCUT2D eigenvalue weighted by atomic mass is 35.5. The van der Waals surface area contributed by atoms with E-state index >= 15 is 0 Å². The predicted molar refractivity (Wildman–Crippen MR) is 131 cm³/mol. The molecule has 0 saturated carbocycles. The molecule has 4 heterocycles. The minimum atomic E-state index is -0.0606. The van der Waals surface area contributed by atoms with E-state index in [-0.39, 0.29) is 18.5 Å². The second-order valence-corrected chi connectivity index (χ2v) is 8.81. The van der Waals surface area contributed by atoms with Gasteiger partial charge in [-0.3, -0.25) is 4.79 Å². The first-order chi connectivity index (χ1) is 16.1. The zero-order chi connectivity index (χ0) is 22.8. The summed E-state index contributed by atoms with van der Waals surface area (Å²) in [6.45, 7) is 2.32. The molecule has 2 N–H and O–H groups in total. The van der Waals surface area contributed by atoms with Crippen LogP contribution < -0.4 is 15.4 Å². The number of carbonyl (C=O) groups excluding carboxylic acids is 1. The third-order valence-corrected chi connectivity index (χ3v) is 6.40. The zero-order valence-corrected chi connectivity index (χ0v) is 19.2. The lowest BCUT2D eigenvalue weighted by Crippen LogP contribution is -2.50. The number of hydrogen-bond acceptors (Lipinski definition) is 8. The van der Waals surface area contributed by atoms with Crippen LogP contribution in [0.5, 0.6) is 5.75 Å². The quantitative estimate of drug-likeness (QED) is 0.465. The first-order valence-electron chi connectivity index (χ1n) is 10.4. The van der Waals surface area contributed by atoms with Crippen molar-refractivity contribution in [3.05, 3.63) is 58.2 Å². The summed E-state index contributed by atoms with van der Waals surface area (Å²) in [5, 5.41) is 4.70. The number of carbonyl (C=O) groups is 1. The van der Waals surface area contributed by atoms with Crippen LogP contribution in [-0.2, 0) is 4.79 Å². The monoisotopic (exact) mass is 480 g/mol. The molecule has 0 radical (unpaired) electrons. The highest BCUT2D eigenvalue weighted by Crippen LogP contribution is 2.28. The summed E-state index contributed by atoms with van der Waals surface area (Å²) < 4.78 is 5.60. The largest absolute Gasteiger partial charge is 0.484 e. The van der Waals surface area contributed by atoms with Gasteiger partial charge in [0.15, 0.2) is 12.4 Å². The topological polar surface area (TPSA) is 97.5 Å². The van der Waals surface area contributed by atoms with E-state index in [1.54, 1.807) is 40.5 Å². The van der Waals surface area contributed by atoms with Gasteiger partial charge < -0.3 is 20.3 Å². The number of thiophene rings is 1. The maximum absolute atomic E-state index is 12.6. The number of anilines is 2. The lowest BCUT2D eigenvalue weighted by atomic mass is 10.2. The van der Waals surface area contributed by atoms with E-state index in [2.05, 4.69) is 20.2 Å².